The first-order chi connectivity index (χ1) is 10.2. The summed E-state index contributed by atoms with van der Waals surface area (Å²) in [4.78, 5) is 17.7. The number of nitro benzene ring substituents is 1. The summed E-state index contributed by atoms with van der Waals surface area (Å²) >= 11 is 0. The van der Waals surface area contributed by atoms with Crippen LogP contribution >= 0.6 is 0 Å². The highest BCUT2D eigenvalue weighted by Crippen LogP contribution is 2.16. The van der Waals surface area contributed by atoms with Crippen molar-refractivity contribution in [1.82, 2.24) is 15.3 Å². The minimum atomic E-state index is -0.380. The highest BCUT2D eigenvalue weighted by Gasteiger charge is 2.06. The van der Waals surface area contributed by atoms with Crippen LogP contribution in [-0.4, -0.2) is 14.9 Å². The Hall–Kier alpha value is -2.73. The highest BCUT2D eigenvalue weighted by molar-refractivity contribution is 5.79. The number of nitrogens with one attached hydrogen (secondary N) is 2. The van der Waals surface area contributed by atoms with Gasteiger partial charge < -0.3 is 10.3 Å². The topological polar surface area (TPSA) is 83.9 Å². The van der Waals surface area contributed by atoms with Crippen molar-refractivity contribution in [3.05, 3.63) is 70.0 Å². The van der Waals surface area contributed by atoms with E-state index in [0.29, 0.717) is 13.1 Å². The molecule has 1 aromatic carbocycles. The van der Waals surface area contributed by atoms with Crippen molar-refractivity contribution in [2.24, 2.45) is 0 Å². The number of hydrogen-bond donors (Lipinski definition) is 2. The van der Waals surface area contributed by atoms with Gasteiger partial charge >= 0.3 is 0 Å². The molecule has 0 radical (unpaired) electrons. The molecule has 0 unspecified atom stereocenters. The Bertz CT molecular complexity index is 782. The standard InChI is InChI=1S/C15H14N4O2/c20-19(21)13-4-1-3-11(7-13)8-16-9-12-10-18-15-14(12)5-2-6-17-15/h1-7,10,16H,8-9H2,(H,17,18). The van der Waals surface area contributed by atoms with Crippen LogP contribution in [0.1, 0.15) is 11.1 Å². The molecule has 0 atom stereocenters. The van der Waals surface area contributed by atoms with Gasteiger partial charge in [0.25, 0.3) is 5.69 Å². The minimum Gasteiger partial charge on any atom is -0.346 e. The van der Waals surface area contributed by atoms with Crippen LogP contribution in [-0.2, 0) is 13.1 Å². The largest absolute Gasteiger partial charge is 0.346 e. The summed E-state index contributed by atoms with van der Waals surface area (Å²) in [5.74, 6) is 0. The van der Waals surface area contributed by atoms with Crippen LogP contribution in [0, 0.1) is 10.1 Å². The molecule has 2 N–H and O–H groups in total. The summed E-state index contributed by atoms with van der Waals surface area (Å²) in [5, 5.41) is 15.1. The number of H-pyrrole nitrogens is 1. The molecule has 2 aromatic heterocycles. The Labute approximate surface area is 121 Å². The van der Waals surface area contributed by atoms with Gasteiger partial charge in [-0.3, -0.25) is 10.1 Å². The zero-order valence-electron chi connectivity index (χ0n) is 11.2. The quantitative estimate of drug-likeness (QED) is 0.556. The Morgan fingerprint density at radius 2 is 2.14 bits per heavy atom. The molecule has 6 nitrogen and oxygen atoms in total. The van der Waals surface area contributed by atoms with E-state index in [4.69, 9.17) is 0 Å². The fourth-order valence-corrected chi connectivity index (χ4v) is 2.28. The van der Waals surface area contributed by atoms with Gasteiger partial charge in [0.15, 0.2) is 0 Å². The van der Waals surface area contributed by atoms with Crippen molar-refractivity contribution in [3.8, 4) is 0 Å². The van der Waals surface area contributed by atoms with E-state index in [1.807, 2.05) is 24.4 Å². The molecule has 2 heterocycles. The highest BCUT2D eigenvalue weighted by atomic mass is 16.6. The number of benzene rings is 1. The van der Waals surface area contributed by atoms with E-state index in [1.165, 1.54) is 6.07 Å². The fourth-order valence-electron chi connectivity index (χ4n) is 2.28. The van der Waals surface area contributed by atoms with Crippen LogP contribution < -0.4 is 5.32 Å². The van der Waals surface area contributed by atoms with Crippen molar-refractivity contribution in [2.45, 2.75) is 13.1 Å². The van der Waals surface area contributed by atoms with Gasteiger partial charge in [-0.25, -0.2) is 4.98 Å². The van der Waals surface area contributed by atoms with E-state index >= 15 is 0 Å². The van der Waals surface area contributed by atoms with Gasteiger partial charge in [0, 0.05) is 43.0 Å². The van der Waals surface area contributed by atoms with Gasteiger partial charge in [-0.1, -0.05) is 12.1 Å². The second kappa shape index (κ2) is 5.72. The molecule has 21 heavy (non-hydrogen) atoms. The Balaban J connectivity index is 1.66. The van der Waals surface area contributed by atoms with Crippen LogP contribution in [0.5, 0.6) is 0 Å². The van der Waals surface area contributed by atoms with Crippen molar-refractivity contribution in [1.29, 1.82) is 0 Å². The molecule has 0 bridgehead atoms. The lowest BCUT2D eigenvalue weighted by atomic mass is 10.2. The zero-order valence-corrected chi connectivity index (χ0v) is 11.2. The maximum Gasteiger partial charge on any atom is 0.269 e. The lowest BCUT2D eigenvalue weighted by Crippen LogP contribution is -2.12. The molecule has 0 saturated carbocycles. The normalized spacial score (nSPS) is 10.9. The van der Waals surface area contributed by atoms with E-state index in [-0.39, 0.29) is 10.6 Å². The van der Waals surface area contributed by atoms with E-state index in [1.54, 1.807) is 18.3 Å². The molecule has 3 rings (SSSR count). The summed E-state index contributed by atoms with van der Waals surface area (Å²) in [7, 11) is 0. The lowest BCUT2D eigenvalue weighted by molar-refractivity contribution is -0.384. The number of aromatic nitrogens is 2. The molecule has 0 saturated heterocycles. The molecule has 6 heteroatoms. The van der Waals surface area contributed by atoms with Gasteiger partial charge in [0.2, 0.25) is 0 Å². The first-order valence-corrected chi connectivity index (χ1v) is 6.59. The zero-order chi connectivity index (χ0) is 14.7. The predicted octanol–water partition coefficient (Wildman–Crippen LogP) is 2.76. The summed E-state index contributed by atoms with van der Waals surface area (Å²) < 4.78 is 0. The molecule has 3 aromatic rings. The molecular weight excluding hydrogens is 268 g/mol. The third kappa shape index (κ3) is 2.90. The number of non-ortho nitro benzene ring substituents is 1. The third-order valence-electron chi connectivity index (χ3n) is 3.30. The Kier molecular flexibility index (Phi) is 3.61. The first kappa shape index (κ1) is 13.3. The molecule has 106 valence electrons. The van der Waals surface area contributed by atoms with E-state index < -0.39 is 0 Å². The third-order valence-corrected chi connectivity index (χ3v) is 3.30. The Morgan fingerprint density at radius 3 is 3.00 bits per heavy atom. The Morgan fingerprint density at radius 1 is 1.24 bits per heavy atom. The monoisotopic (exact) mass is 282 g/mol. The van der Waals surface area contributed by atoms with Crippen molar-refractivity contribution in [3.63, 3.8) is 0 Å². The van der Waals surface area contributed by atoms with Crippen LogP contribution in [0.25, 0.3) is 11.0 Å². The number of fused-ring (bicyclic) bond motifs is 1. The van der Waals surface area contributed by atoms with E-state index in [2.05, 4.69) is 15.3 Å². The van der Waals surface area contributed by atoms with Crippen LogP contribution in [0.3, 0.4) is 0 Å². The van der Waals surface area contributed by atoms with Crippen LogP contribution in [0.4, 0.5) is 5.69 Å². The maximum absolute atomic E-state index is 10.7. The van der Waals surface area contributed by atoms with Gasteiger partial charge in [-0.2, -0.15) is 0 Å². The molecular formula is C15H14N4O2. The average Bonchev–Trinajstić information content (AvgIpc) is 2.91. The van der Waals surface area contributed by atoms with Gasteiger partial charge in [-0.05, 0) is 23.3 Å². The SMILES string of the molecule is O=[N+]([O-])c1cccc(CNCc2c[nH]c3ncccc23)c1. The summed E-state index contributed by atoms with van der Waals surface area (Å²) in [5.41, 5.74) is 3.00. The smallest absolute Gasteiger partial charge is 0.269 e. The second-order valence-corrected chi connectivity index (χ2v) is 4.74. The van der Waals surface area contributed by atoms with Crippen molar-refractivity contribution >= 4 is 16.7 Å². The second-order valence-electron chi connectivity index (χ2n) is 4.74. The summed E-state index contributed by atoms with van der Waals surface area (Å²) in [6, 6.07) is 10.6. The van der Waals surface area contributed by atoms with E-state index in [0.717, 1.165) is 22.2 Å². The van der Waals surface area contributed by atoms with Crippen molar-refractivity contribution < 1.29 is 4.92 Å². The van der Waals surface area contributed by atoms with E-state index in [9.17, 15) is 10.1 Å². The molecule has 0 aliphatic rings. The van der Waals surface area contributed by atoms with Crippen LogP contribution in [0.2, 0.25) is 0 Å². The summed E-state index contributed by atoms with van der Waals surface area (Å²) in [6.45, 7) is 1.25. The molecule has 0 spiro atoms. The fraction of sp³-hybridized carbons (Fsp3) is 0.133. The molecule has 0 fully saturated rings. The van der Waals surface area contributed by atoms with Crippen LogP contribution in [0.15, 0.2) is 48.8 Å². The average molecular weight is 282 g/mol. The number of nitrogens with zero attached hydrogens (tertiary/aromatic N) is 2. The van der Waals surface area contributed by atoms with Gasteiger partial charge in [-0.15, -0.1) is 0 Å². The first-order valence-electron chi connectivity index (χ1n) is 6.59. The molecule has 0 aliphatic heterocycles. The number of hydrogen-bond acceptors (Lipinski definition) is 4. The van der Waals surface area contributed by atoms with Gasteiger partial charge in [0.05, 0.1) is 4.92 Å². The predicted molar refractivity (Wildman–Crippen MR) is 79.7 cm³/mol. The maximum atomic E-state index is 10.7. The van der Waals surface area contributed by atoms with Crippen molar-refractivity contribution in [2.75, 3.05) is 0 Å². The number of rotatable bonds is 5. The summed E-state index contributed by atoms with van der Waals surface area (Å²) in [6.07, 6.45) is 3.68. The number of nitro groups is 1. The molecule has 0 amide bonds. The minimum absolute atomic E-state index is 0.116. The van der Waals surface area contributed by atoms with Gasteiger partial charge in [0.1, 0.15) is 5.65 Å². The molecule has 0 aliphatic carbocycles. The number of aromatic amines is 1. The lowest BCUT2D eigenvalue weighted by Gasteiger charge is -2.04. The number of pyridine rings is 1.